The van der Waals surface area contributed by atoms with Crippen LogP contribution in [0, 0.1) is 12.7 Å². The predicted octanol–water partition coefficient (Wildman–Crippen LogP) is 6.10. The Labute approximate surface area is 125 Å². The minimum atomic E-state index is -0.251. The van der Waals surface area contributed by atoms with Crippen LogP contribution in [0.4, 0.5) is 4.39 Å². The molecule has 1 heterocycles. The molecule has 1 unspecified atom stereocenters. The fraction of sp³-hybridized carbons (Fsp3) is 0.167. The molecule has 0 nitrogen and oxygen atoms in total. The Morgan fingerprint density at radius 2 is 2.06 bits per heavy atom. The van der Waals surface area contributed by atoms with Crippen LogP contribution >= 0.6 is 54.8 Å². The average Bonchev–Trinajstić information content (AvgIpc) is 2.62. The molecule has 90 valence electrons. The summed E-state index contributed by atoms with van der Waals surface area (Å²) in [5, 5.41) is 0.540. The van der Waals surface area contributed by atoms with E-state index in [4.69, 9.17) is 11.6 Å². The molecule has 0 fully saturated rings. The van der Waals surface area contributed by atoms with Crippen molar-refractivity contribution in [3.05, 3.63) is 54.9 Å². The van der Waals surface area contributed by atoms with Crippen LogP contribution in [0.2, 0.25) is 5.02 Å². The molecule has 2 rings (SSSR count). The lowest BCUT2D eigenvalue weighted by molar-refractivity contribution is 0.614. The monoisotopic (exact) mass is 396 g/mol. The van der Waals surface area contributed by atoms with Gasteiger partial charge in [-0.2, -0.15) is 0 Å². The molecule has 2 aromatic rings. The van der Waals surface area contributed by atoms with E-state index in [0.717, 1.165) is 14.2 Å². The molecule has 1 aromatic carbocycles. The van der Waals surface area contributed by atoms with Crippen LogP contribution in [0.15, 0.2) is 28.1 Å². The molecule has 17 heavy (non-hydrogen) atoms. The first kappa shape index (κ1) is 13.5. The molecule has 0 amide bonds. The van der Waals surface area contributed by atoms with Gasteiger partial charge in [0.2, 0.25) is 0 Å². The van der Waals surface area contributed by atoms with Crippen molar-refractivity contribution >= 4 is 54.8 Å². The van der Waals surface area contributed by atoms with Crippen molar-refractivity contribution in [2.24, 2.45) is 0 Å². The van der Waals surface area contributed by atoms with Gasteiger partial charge in [-0.3, -0.25) is 0 Å². The van der Waals surface area contributed by atoms with E-state index in [9.17, 15) is 4.39 Å². The minimum absolute atomic E-state index is 0.170. The zero-order valence-electron chi connectivity index (χ0n) is 8.81. The van der Waals surface area contributed by atoms with E-state index in [2.05, 4.69) is 31.9 Å². The van der Waals surface area contributed by atoms with Gasteiger partial charge in [-0.1, -0.05) is 27.5 Å². The summed E-state index contributed by atoms with van der Waals surface area (Å²) in [6, 6.07) is 6.63. The highest BCUT2D eigenvalue weighted by atomic mass is 79.9. The van der Waals surface area contributed by atoms with Crippen LogP contribution in [0.25, 0.3) is 0 Å². The smallest absolute Gasteiger partial charge is 0.128 e. The molecule has 5 heteroatoms. The quantitative estimate of drug-likeness (QED) is 0.537. The van der Waals surface area contributed by atoms with Crippen molar-refractivity contribution in [2.45, 2.75) is 11.8 Å². The maximum absolute atomic E-state index is 13.7. The lowest BCUT2D eigenvalue weighted by Crippen LogP contribution is -1.94. The van der Waals surface area contributed by atoms with Crippen LogP contribution in [-0.2, 0) is 0 Å². The summed E-state index contributed by atoms with van der Waals surface area (Å²) in [6.07, 6.45) is 0. The molecule has 0 aliphatic heterocycles. The van der Waals surface area contributed by atoms with Gasteiger partial charge in [0.05, 0.1) is 8.61 Å². The molecular weight excluding hydrogens is 390 g/mol. The van der Waals surface area contributed by atoms with Crippen LogP contribution in [0.5, 0.6) is 0 Å². The van der Waals surface area contributed by atoms with Crippen LogP contribution < -0.4 is 0 Å². The van der Waals surface area contributed by atoms with Crippen LogP contribution in [-0.4, -0.2) is 0 Å². The van der Waals surface area contributed by atoms with E-state index >= 15 is 0 Å². The highest BCUT2D eigenvalue weighted by molar-refractivity contribution is 9.11. The molecule has 0 aliphatic carbocycles. The maximum Gasteiger partial charge on any atom is 0.128 e. The first-order valence-electron chi connectivity index (χ1n) is 4.84. The normalized spacial score (nSPS) is 12.8. The molecule has 0 saturated carbocycles. The van der Waals surface area contributed by atoms with Gasteiger partial charge in [0.15, 0.2) is 0 Å². The largest absolute Gasteiger partial charge is 0.207 e. The Bertz CT molecular complexity index is 534. The third-order valence-electron chi connectivity index (χ3n) is 2.36. The van der Waals surface area contributed by atoms with Gasteiger partial charge in [-0.25, -0.2) is 4.39 Å². The molecule has 0 radical (unpaired) electrons. The Hall–Kier alpha value is 0.1000. The molecule has 1 atom stereocenters. The van der Waals surface area contributed by atoms with Crippen LogP contribution in [0.1, 0.15) is 20.8 Å². The van der Waals surface area contributed by atoms with Crippen LogP contribution in [0.3, 0.4) is 0 Å². The van der Waals surface area contributed by atoms with Gasteiger partial charge in [0.25, 0.3) is 0 Å². The SMILES string of the molecule is Cc1cc(C(Br)c2cc(Cl)ccc2F)sc1Br. The summed E-state index contributed by atoms with van der Waals surface area (Å²) >= 11 is 14.5. The molecule has 1 aromatic heterocycles. The zero-order valence-corrected chi connectivity index (χ0v) is 13.6. The highest BCUT2D eigenvalue weighted by Gasteiger charge is 2.18. The maximum atomic E-state index is 13.7. The van der Waals surface area contributed by atoms with Gasteiger partial charge < -0.3 is 0 Å². The minimum Gasteiger partial charge on any atom is -0.207 e. The molecule has 0 aliphatic rings. The van der Waals surface area contributed by atoms with Crippen molar-refractivity contribution in [2.75, 3.05) is 0 Å². The summed E-state index contributed by atoms with van der Waals surface area (Å²) in [4.78, 5) is 0.881. The topological polar surface area (TPSA) is 0 Å². The fourth-order valence-electron chi connectivity index (χ4n) is 1.47. The van der Waals surface area contributed by atoms with E-state index in [1.54, 1.807) is 23.5 Å². The Kier molecular flexibility index (Phi) is 4.29. The molecule has 0 spiro atoms. The number of halogens is 4. The van der Waals surface area contributed by atoms with Crippen molar-refractivity contribution in [3.63, 3.8) is 0 Å². The van der Waals surface area contributed by atoms with Gasteiger partial charge in [-0.05, 0) is 52.7 Å². The molecule has 0 N–H and O–H groups in total. The van der Waals surface area contributed by atoms with E-state index in [1.807, 2.05) is 13.0 Å². The average molecular weight is 399 g/mol. The number of aryl methyl sites for hydroxylation is 1. The zero-order chi connectivity index (χ0) is 12.6. The van der Waals surface area contributed by atoms with Gasteiger partial charge in [0, 0.05) is 15.5 Å². The first-order valence-corrected chi connectivity index (χ1v) is 7.74. The van der Waals surface area contributed by atoms with E-state index in [0.29, 0.717) is 10.6 Å². The number of thiophene rings is 1. The second-order valence-electron chi connectivity index (χ2n) is 3.63. The number of alkyl halides is 1. The summed E-state index contributed by atoms with van der Waals surface area (Å²) in [5.41, 5.74) is 1.71. The molecule has 0 saturated heterocycles. The molecule has 0 bridgehead atoms. The summed E-state index contributed by atoms with van der Waals surface area (Å²) < 4.78 is 14.8. The van der Waals surface area contributed by atoms with Gasteiger partial charge >= 0.3 is 0 Å². The second-order valence-corrected chi connectivity index (χ2v) is 7.39. The number of benzene rings is 1. The first-order chi connectivity index (χ1) is 7.99. The third-order valence-corrected chi connectivity index (χ3v) is 6.08. The van der Waals surface area contributed by atoms with Crippen molar-refractivity contribution in [1.82, 2.24) is 0 Å². The summed E-state index contributed by atoms with van der Waals surface area (Å²) in [7, 11) is 0. The summed E-state index contributed by atoms with van der Waals surface area (Å²) in [6.45, 7) is 2.01. The van der Waals surface area contributed by atoms with E-state index in [1.165, 1.54) is 6.07 Å². The lowest BCUT2D eigenvalue weighted by Gasteiger charge is -2.09. The lowest BCUT2D eigenvalue weighted by atomic mass is 10.1. The van der Waals surface area contributed by atoms with Crippen molar-refractivity contribution in [3.8, 4) is 0 Å². The molecular formula is C12H8Br2ClFS. The highest BCUT2D eigenvalue weighted by Crippen LogP contribution is 2.40. The fourth-order valence-corrected chi connectivity index (χ4v) is 3.98. The van der Waals surface area contributed by atoms with Gasteiger partial charge in [-0.15, -0.1) is 11.3 Å². The van der Waals surface area contributed by atoms with Crippen molar-refractivity contribution < 1.29 is 4.39 Å². The van der Waals surface area contributed by atoms with Crippen molar-refractivity contribution in [1.29, 1.82) is 0 Å². The third kappa shape index (κ3) is 2.92. The number of hydrogen-bond donors (Lipinski definition) is 0. The Morgan fingerprint density at radius 1 is 1.35 bits per heavy atom. The standard InChI is InChI=1S/C12H8Br2ClFS/c1-6-4-10(17-12(6)14)11(13)8-5-7(15)2-3-9(8)16/h2-5,11H,1H3. The van der Waals surface area contributed by atoms with E-state index in [-0.39, 0.29) is 10.6 Å². The van der Waals surface area contributed by atoms with E-state index < -0.39 is 0 Å². The second kappa shape index (κ2) is 5.39. The Balaban J connectivity index is 2.42. The summed E-state index contributed by atoms with van der Waals surface area (Å²) in [5.74, 6) is -0.251. The predicted molar refractivity (Wildman–Crippen MR) is 78.9 cm³/mol. The number of rotatable bonds is 2. The Morgan fingerprint density at radius 3 is 2.65 bits per heavy atom. The van der Waals surface area contributed by atoms with Gasteiger partial charge in [0.1, 0.15) is 5.82 Å². The number of hydrogen-bond acceptors (Lipinski definition) is 1.